The molecule has 0 unspecified atom stereocenters. The predicted octanol–water partition coefficient (Wildman–Crippen LogP) is 4.85. The van der Waals surface area contributed by atoms with Gasteiger partial charge in [0, 0.05) is 30.2 Å². The van der Waals surface area contributed by atoms with Crippen LogP contribution in [-0.4, -0.2) is 26.4 Å². The van der Waals surface area contributed by atoms with Gasteiger partial charge in [0.15, 0.2) is 5.65 Å². The zero-order valence-corrected chi connectivity index (χ0v) is 17.5. The van der Waals surface area contributed by atoms with Crippen LogP contribution in [0.25, 0.3) is 16.9 Å². The monoisotopic (exact) mass is 432 g/mol. The molecule has 32 heavy (non-hydrogen) atoms. The average molecular weight is 432 g/mol. The van der Waals surface area contributed by atoms with Crippen LogP contribution >= 0.6 is 0 Å². The van der Waals surface area contributed by atoms with Crippen LogP contribution in [-0.2, 0) is 6.54 Å². The van der Waals surface area contributed by atoms with Crippen molar-refractivity contribution < 1.29 is 19.1 Å². The third-order valence-electron chi connectivity index (χ3n) is 5.11. The van der Waals surface area contributed by atoms with E-state index >= 15 is 0 Å². The number of benzene rings is 2. The van der Waals surface area contributed by atoms with E-state index in [1.54, 1.807) is 6.20 Å². The van der Waals surface area contributed by atoms with E-state index in [1.807, 2.05) is 54.8 Å². The Morgan fingerprint density at radius 3 is 2.72 bits per heavy atom. The van der Waals surface area contributed by atoms with Gasteiger partial charge in [-0.25, -0.2) is 14.2 Å². The molecule has 0 saturated carbocycles. The summed E-state index contributed by atoms with van der Waals surface area (Å²) in [7, 11) is 0. The maximum absolute atomic E-state index is 14.0. The number of imidazole rings is 1. The van der Waals surface area contributed by atoms with Crippen LogP contribution in [0.4, 0.5) is 15.8 Å². The highest BCUT2D eigenvalue weighted by Crippen LogP contribution is 2.30. The van der Waals surface area contributed by atoms with Gasteiger partial charge < -0.3 is 15.7 Å². The summed E-state index contributed by atoms with van der Waals surface area (Å²) in [5.74, 6) is -2.19. The van der Waals surface area contributed by atoms with Gasteiger partial charge in [-0.3, -0.25) is 9.20 Å². The number of hydrogen-bond donors (Lipinski definition) is 3. The number of nitrogens with one attached hydrogen (secondary N) is 2. The SMILES string of the molecule is CC.O=C(O)c1ccc(Nc2ccc(-c3ccc4c(c3)CNC4=O)n3ccnc23)cc1F. The van der Waals surface area contributed by atoms with Gasteiger partial charge >= 0.3 is 5.97 Å². The summed E-state index contributed by atoms with van der Waals surface area (Å²) in [6.45, 7) is 4.51. The van der Waals surface area contributed by atoms with Gasteiger partial charge in [-0.05, 0) is 53.6 Å². The van der Waals surface area contributed by atoms with Gasteiger partial charge in [-0.2, -0.15) is 0 Å². The van der Waals surface area contributed by atoms with Gasteiger partial charge in [-0.1, -0.05) is 19.9 Å². The van der Waals surface area contributed by atoms with E-state index in [-0.39, 0.29) is 11.5 Å². The van der Waals surface area contributed by atoms with Crippen molar-refractivity contribution in [3.05, 3.63) is 83.4 Å². The van der Waals surface area contributed by atoms with Crippen molar-refractivity contribution in [2.24, 2.45) is 0 Å². The number of nitrogens with zero attached hydrogens (tertiary/aromatic N) is 2. The van der Waals surface area contributed by atoms with E-state index in [0.29, 0.717) is 29.1 Å². The second kappa shape index (κ2) is 8.50. The first-order chi connectivity index (χ1) is 15.5. The normalized spacial score (nSPS) is 12.0. The Hall–Kier alpha value is -4.20. The second-order valence-electron chi connectivity index (χ2n) is 6.93. The van der Waals surface area contributed by atoms with Crippen molar-refractivity contribution in [3.8, 4) is 11.3 Å². The van der Waals surface area contributed by atoms with Gasteiger partial charge in [0.05, 0.1) is 16.9 Å². The molecule has 1 aliphatic heterocycles. The smallest absolute Gasteiger partial charge is 0.338 e. The molecule has 0 aliphatic carbocycles. The van der Waals surface area contributed by atoms with E-state index in [2.05, 4.69) is 15.6 Å². The highest BCUT2D eigenvalue weighted by molar-refractivity contribution is 5.99. The number of hydrogen-bond acceptors (Lipinski definition) is 4. The van der Waals surface area contributed by atoms with Crippen molar-refractivity contribution in [3.63, 3.8) is 0 Å². The third kappa shape index (κ3) is 3.66. The summed E-state index contributed by atoms with van der Waals surface area (Å²) in [6.07, 6.45) is 3.48. The molecule has 3 N–H and O–H groups in total. The lowest BCUT2D eigenvalue weighted by molar-refractivity contribution is 0.0691. The van der Waals surface area contributed by atoms with Crippen LogP contribution < -0.4 is 10.6 Å². The minimum Gasteiger partial charge on any atom is -0.478 e. The molecule has 5 rings (SSSR count). The average Bonchev–Trinajstić information content (AvgIpc) is 3.42. The number of carbonyl (C=O) groups is 2. The van der Waals surface area contributed by atoms with E-state index in [4.69, 9.17) is 5.11 Å². The zero-order chi connectivity index (χ0) is 22.8. The van der Waals surface area contributed by atoms with Crippen LogP contribution in [0.2, 0.25) is 0 Å². The molecular weight excluding hydrogens is 411 g/mol. The van der Waals surface area contributed by atoms with Crippen LogP contribution in [0.5, 0.6) is 0 Å². The summed E-state index contributed by atoms with van der Waals surface area (Å²) in [5.41, 5.74) is 4.77. The number of carbonyl (C=O) groups excluding carboxylic acids is 1. The number of aromatic carboxylic acids is 1. The number of aromatic nitrogens is 2. The molecule has 8 heteroatoms. The molecule has 162 valence electrons. The second-order valence-corrected chi connectivity index (χ2v) is 6.93. The first-order valence-electron chi connectivity index (χ1n) is 10.2. The van der Waals surface area contributed by atoms with Gasteiger partial charge in [0.1, 0.15) is 5.82 Å². The fraction of sp³-hybridized carbons (Fsp3) is 0.125. The summed E-state index contributed by atoms with van der Waals surface area (Å²) < 4.78 is 15.9. The highest BCUT2D eigenvalue weighted by Gasteiger charge is 2.20. The Bertz CT molecular complexity index is 1350. The lowest BCUT2D eigenvalue weighted by Gasteiger charge is -2.12. The molecule has 1 aliphatic rings. The molecule has 0 spiro atoms. The predicted molar refractivity (Wildman–Crippen MR) is 120 cm³/mol. The molecule has 7 nitrogen and oxygen atoms in total. The van der Waals surface area contributed by atoms with E-state index in [9.17, 15) is 14.0 Å². The zero-order valence-electron chi connectivity index (χ0n) is 17.5. The van der Waals surface area contributed by atoms with Gasteiger partial charge in [0.25, 0.3) is 5.91 Å². The van der Waals surface area contributed by atoms with Crippen molar-refractivity contribution in [2.45, 2.75) is 20.4 Å². The topological polar surface area (TPSA) is 95.7 Å². The van der Waals surface area contributed by atoms with Gasteiger partial charge in [0.2, 0.25) is 0 Å². The van der Waals surface area contributed by atoms with Crippen LogP contribution in [0.15, 0.2) is 60.9 Å². The molecule has 2 aromatic carbocycles. The number of fused-ring (bicyclic) bond motifs is 2. The number of rotatable bonds is 4. The Morgan fingerprint density at radius 2 is 1.97 bits per heavy atom. The fourth-order valence-electron chi connectivity index (χ4n) is 3.66. The molecule has 0 bridgehead atoms. The Morgan fingerprint density at radius 1 is 1.16 bits per heavy atom. The first kappa shape index (κ1) is 21.0. The van der Waals surface area contributed by atoms with Gasteiger partial charge in [-0.15, -0.1) is 0 Å². The van der Waals surface area contributed by atoms with Crippen molar-refractivity contribution in [2.75, 3.05) is 5.32 Å². The highest BCUT2D eigenvalue weighted by atomic mass is 19.1. The maximum Gasteiger partial charge on any atom is 0.338 e. The largest absolute Gasteiger partial charge is 0.478 e. The summed E-state index contributed by atoms with van der Waals surface area (Å²) in [4.78, 5) is 27.2. The summed E-state index contributed by atoms with van der Waals surface area (Å²) >= 11 is 0. The van der Waals surface area contributed by atoms with E-state index in [1.165, 1.54) is 12.1 Å². The first-order valence-corrected chi connectivity index (χ1v) is 10.2. The Balaban J connectivity index is 0.00000119. The molecule has 1 amide bonds. The summed E-state index contributed by atoms with van der Waals surface area (Å²) in [6, 6.07) is 13.3. The Kier molecular flexibility index (Phi) is 5.59. The number of carboxylic acids is 1. The third-order valence-corrected chi connectivity index (χ3v) is 5.11. The number of amides is 1. The Labute approximate surface area is 183 Å². The molecule has 0 atom stereocenters. The van der Waals surface area contributed by atoms with Crippen LogP contribution in [0.1, 0.15) is 40.1 Å². The molecule has 0 fully saturated rings. The maximum atomic E-state index is 14.0. The van der Waals surface area contributed by atoms with Crippen LogP contribution in [0.3, 0.4) is 0 Å². The fourth-order valence-corrected chi connectivity index (χ4v) is 3.66. The molecule has 4 aromatic rings. The van der Waals surface area contributed by atoms with E-state index < -0.39 is 11.8 Å². The van der Waals surface area contributed by atoms with Crippen molar-refractivity contribution in [1.82, 2.24) is 14.7 Å². The molecule has 0 saturated heterocycles. The number of pyridine rings is 1. The molecule has 3 heterocycles. The quantitative estimate of drug-likeness (QED) is 0.428. The van der Waals surface area contributed by atoms with Crippen LogP contribution in [0, 0.1) is 5.82 Å². The lowest BCUT2D eigenvalue weighted by atomic mass is 10.0. The molecule has 0 radical (unpaired) electrons. The lowest BCUT2D eigenvalue weighted by Crippen LogP contribution is -2.12. The number of halogens is 1. The minimum absolute atomic E-state index is 0.0648. The number of anilines is 2. The molecular formula is C24H21FN4O3. The minimum atomic E-state index is -1.31. The van der Waals surface area contributed by atoms with Crippen molar-refractivity contribution >= 4 is 28.9 Å². The summed E-state index contributed by atoms with van der Waals surface area (Å²) in [5, 5.41) is 14.9. The molecule has 2 aromatic heterocycles. The standard InChI is InChI=1S/C22H15FN4O3.C2H6/c23-17-10-14(2-4-16(17)22(29)30)26-18-5-6-19(27-8-7-24-20(18)27)12-1-3-15-13(9-12)11-25-21(15)28;1-2/h1-10,26H,11H2,(H,25,28)(H,29,30);1-2H3. The number of carboxylic acid groups (broad SMARTS) is 1. The van der Waals surface area contributed by atoms with Crippen molar-refractivity contribution in [1.29, 1.82) is 0 Å². The van der Waals surface area contributed by atoms with E-state index in [0.717, 1.165) is 22.9 Å².